The molecule has 1 saturated carbocycles. The summed E-state index contributed by atoms with van der Waals surface area (Å²) in [4.78, 5) is 0. The number of rotatable bonds is 5. The Morgan fingerprint density at radius 3 is 2.85 bits per heavy atom. The Kier molecular flexibility index (Phi) is 9.09. The van der Waals surface area contributed by atoms with Crippen molar-refractivity contribution >= 4 is 39.0 Å². The molecule has 0 spiro atoms. The summed E-state index contributed by atoms with van der Waals surface area (Å²) in [6.07, 6.45) is 16.0. The van der Waals surface area contributed by atoms with Gasteiger partial charge >= 0.3 is 23.1 Å². The molecule has 1 fully saturated rings. The van der Waals surface area contributed by atoms with Gasteiger partial charge in [0.2, 0.25) is 0 Å². The van der Waals surface area contributed by atoms with Crippen LogP contribution in [-0.4, -0.2) is 28.4 Å². The molecule has 3 unspecified atom stereocenters. The maximum Gasteiger partial charge on any atom is 2.00 e. The van der Waals surface area contributed by atoms with Crippen LogP contribution in [0.1, 0.15) is 68.1 Å². The molecule has 112 valence electrons. The minimum Gasteiger partial charge on any atom is -1.00 e. The van der Waals surface area contributed by atoms with Gasteiger partial charge in [-0.3, -0.25) is 0 Å². The normalized spacial score (nSPS) is 29.9. The fourth-order valence-corrected chi connectivity index (χ4v) is 4.09. The summed E-state index contributed by atoms with van der Waals surface area (Å²) < 4.78 is 0. The van der Waals surface area contributed by atoms with E-state index in [9.17, 15) is 0 Å². The van der Waals surface area contributed by atoms with Gasteiger partial charge in [-0.1, -0.05) is 46.2 Å². The van der Waals surface area contributed by atoms with Crippen LogP contribution < -0.4 is 0 Å². The summed E-state index contributed by atoms with van der Waals surface area (Å²) in [5, 5.41) is 1.12. The molecule has 2 heteroatoms. The topological polar surface area (TPSA) is 0 Å². The molecule has 2 aliphatic rings. The Hall–Kier alpha value is 0.726. The zero-order chi connectivity index (χ0) is 13.7. The maximum absolute atomic E-state index is 3.54. The molecule has 2 rings (SSSR count). The van der Waals surface area contributed by atoms with Crippen molar-refractivity contribution in [3.63, 3.8) is 0 Å². The predicted molar refractivity (Wildman–Crippen MR) is 96.7 cm³/mol. The van der Waals surface area contributed by atoms with Crippen molar-refractivity contribution in [2.75, 3.05) is 5.33 Å². The Morgan fingerprint density at radius 2 is 2.20 bits per heavy atom. The van der Waals surface area contributed by atoms with Gasteiger partial charge in [0.1, 0.15) is 0 Å². The molecule has 0 aromatic rings. The van der Waals surface area contributed by atoms with Crippen LogP contribution in [0.25, 0.3) is 0 Å². The van der Waals surface area contributed by atoms with Crippen molar-refractivity contribution < 1.29 is 2.85 Å². The standard InChI is InChI=1S/C18H29Br.Mg.2H/c1-14-8-10-16(11-9-14)15(2)13-18-6-3-5-17(18)7-4-12-19;;;/h7-8,15-16,18H,3-6,9-13H2,1-2H3;;;/q;+2;2*-1. The van der Waals surface area contributed by atoms with Crippen LogP contribution in [0.15, 0.2) is 23.3 Å². The fourth-order valence-electron chi connectivity index (χ4n) is 3.86. The van der Waals surface area contributed by atoms with Crippen molar-refractivity contribution in [2.24, 2.45) is 17.8 Å². The van der Waals surface area contributed by atoms with E-state index in [-0.39, 0.29) is 25.9 Å². The summed E-state index contributed by atoms with van der Waals surface area (Å²) in [6, 6.07) is 0. The van der Waals surface area contributed by atoms with Crippen LogP contribution in [0.2, 0.25) is 0 Å². The summed E-state index contributed by atoms with van der Waals surface area (Å²) in [5.74, 6) is 2.75. The summed E-state index contributed by atoms with van der Waals surface area (Å²) in [7, 11) is 0. The molecule has 0 N–H and O–H groups in total. The summed E-state index contributed by atoms with van der Waals surface area (Å²) >= 11 is 3.54. The van der Waals surface area contributed by atoms with Crippen LogP contribution in [-0.2, 0) is 0 Å². The number of alkyl halides is 1. The van der Waals surface area contributed by atoms with Crippen molar-refractivity contribution in [3.05, 3.63) is 23.3 Å². The average Bonchev–Trinajstić information content (AvgIpc) is 2.84. The number of halogens is 1. The number of hydrogen-bond donors (Lipinski definition) is 0. The largest absolute Gasteiger partial charge is 2.00 e. The first-order valence-corrected chi connectivity index (χ1v) is 9.23. The first-order chi connectivity index (χ1) is 9.20. The minimum absolute atomic E-state index is 0. The van der Waals surface area contributed by atoms with Crippen LogP contribution in [0.5, 0.6) is 0 Å². The third kappa shape index (κ3) is 5.49. The molecule has 0 bridgehead atoms. The summed E-state index contributed by atoms with van der Waals surface area (Å²) in [6.45, 7) is 4.79. The second kappa shape index (κ2) is 9.68. The van der Waals surface area contributed by atoms with Gasteiger partial charge in [0.25, 0.3) is 0 Å². The second-order valence-corrected chi connectivity index (χ2v) is 7.44. The molecule has 0 aromatic carbocycles. The quantitative estimate of drug-likeness (QED) is 0.318. The third-order valence-electron chi connectivity index (χ3n) is 5.20. The van der Waals surface area contributed by atoms with E-state index in [1.54, 1.807) is 11.1 Å². The smallest absolute Gasteiger partial charge is 1.00 e. The molecule has 0 aromatic heterocycles. The predicted octanol–water partition coefficient (Wildman–Crippen LogP) is 6.11. The van der Waals surface area contributed by atoms with Gasteiger partial charge in [0, 0.05) is 5.33 Å². The van der Waals surface area contributed by atoms with Crippen molar-refractivity contribution in [3.8, 4) is 0 Å². The van der Waals surface area contributed by atoms with E-state index < -0.39 is 0 Å². The molecule has 3 atom stereocenters. The van der Waals surface area contributed by atoms with Gasteiger partial charge in [-0.25, -0.2) is 0 Å². The molecule has 2 aliphatic carbocycles. The zero-order valence-corrected chi connectivity index (χ0v) is 16.3. The van der Waals surface area contributed by atoms with Crippen LogP contribution >= 0.6 is 15.9 Å². The van der Waals surface area contributed by atoms with E-state index in [1.807, 2.05) is 0 Å². The molecule has 0 saturated heterocycles. The van der Waals surface area contributed by atoms with E-state index in [4.69, 9.17) is 0 Å². The average molecular weight is 352 g/mol. The van der Waals surface area contributed by atoms with E-state index in [1.165, 1.54) is 51.4 Å². The van der Waals surface area contributed by atoms with Gasteiger partial charge in [-0.05, 0) is 76.0 Å². The molecular weight excluding hydrogens is 320 g/mol. The van der Waals surface area contributed by atoms with Crippen molar-refractivity contribution in [1.29, 1.82) is 0 Å². The first kappa shape index (κ1) is 18.8. The first-order valence-electron chi connectivity index (χ1n) is 8.11. The van der Waals surface area contributed by atoms with E-state index in [2.05, 4.69) is 41.9 Å². The van der Waals surface area contributed by atoms with E-state index in [0.717, 1.165) is 23.1 Å². The fraction of sp³-hybridized carbons (Fsp3) is 0.778. The molecule has 0 amide bonds. The van der Waals surface area contributed by atoms with Crippen LogP contribution in [0.3, 0.4) is 0 Å². The van der Waals surface area contributed by atoms with Gasteiger partial charge in [0.15, 0.2) is 0 Å². The van der Waals surface area contributed by atoms with Crippen molar-refractivity contribution in [2.45, 2.75) is 65.2 Å². The van der Waals surface area contributed by atoms with Crippen molar-refractivity contribution in [1.82, 2.24) is 0 Å². The Morgan fingerprint density at radius 1 is 1.40 bits per heavy atom. The van der Waals surface area contributed by atoms with Crippen LogP contribution in [0, 0.1) is 17.8 Å². The molecule has 0 heterocycles. The Labute approximate surface area is 153 Å². The monoisotopic (exact) mass is 350 g/mol. The van der Waals surface area contributed by atoms with Gasteiger partial charge in [-0.15, -0.1) is 0 Å². The number of hydrogen-bond acceptors (Lipinski definition) is 0. The molecule has 20 heavy (non-hydrogen) atoms. The molecule has 0 nitrogen and oxygen atoms in total. The summed E-state index contributed by atoms with van der Waals surface area (Å²) in [5.41, 5.74) is 3.39. The molecule has 0 radical (unpaired) electrons. The SMILES string of the molecule is CC1=CCC(C(C)CC2CCCC2=CCCBr)CC1.[H-].[H-].[Mg+2]. The second-order valence-electron chi connectivity index (χ2n) is 6.64. The van der Waals surface area contributed by atoms with Gasteiger partial charge < -0.3 is 2.85 Å². The minimum atomic E-state index is 0. The number of allylic oxidation sites excluding steroid dienone is 4. The molecular formula is C18H31BrMg. The van der Waals surface area contributed by atoms with E-state index >= 15 is 0 Å². The Bertz CT molecular complexity index is 355. The van der Waals surface area contributed by atoms with Gasteiger partial charge in [0.05, 0.1) is 0 Å². The Balaban J connectivity index is 0. The van der Waals surface area contributed by atoms with Crippen LogP contribution in [0.4, 0.5) is 0 Å². The zero-order valence-electron chi connectivity index (χ0n) is 15.3. The third-order valence-corrected chi connectivity index (χ3v) is 5.66. The van der Waals surface area contributed by atoms with Gasteiger partial charge in [-0.2, -0.15) is 0 Å². The molecule has 0 aliphatic heterocycles. The van der Waals surface area contributed by atoms with E-state index in [0.29, 0.717) is 0 Å². The maximum atomic E-state index is 3.54.